The number of fused-ring (bicyclic) bond motifs is 1. The van der Waals surface area contributed by atoms with Crippen LogP contribution in [0.4, 0.5) is 27.8 Å². The second kappa shape index (κ2) is 9.97. The van der Waals surface area contributed by atoms with Gasteiger partial charge in [-0.2, -0.15) is 13.9 Å². The highest BCUT2D eigenvalue weighted by atomic mass is 19.2. The van der Waals surface area contributed by atoms with E-state index in [4.69, 9.17) is 4.74 Å². The minimum absolute atomic E-state index is 0.00705. The number of carbonyl (C=O) groups excluding carboxylic acids is 1. The van der Waals surface area contributed by atoms with Gasteiger partial charge in [0.15, 0.2) is 17.3 Å². The molecule has 202 valence electrons. The van der Waals surface area contributed by atoms with Crippen molar-refractivity contribution in [2.45, 2.75) is 12.5 Å². The summed E-state index contributed by atoms with van der Waals surface area (Å²) in [5.74, 6) is -9.21. The van der Waals surface area contributed by atoms with Gasteiger partial charge in [-0.3, -0.25) is 4.79 Å². The van der Waals surface area contributed by atoms with E-state index < -0.39 is 40.6 Å². The molecule has 0 saturated carbocycles. The van der Waals surface area contributed by atoms with Crippen molar-refractivity contribution in [2.24, 2.45) is 0 Å². The van der Waals surface area contributed by atoms with Crippen LogP contribution in [0, 0.1) is 29.1 Å². The van der Waals surface area contributed by atoms with Crippen LogP contribution in [0.3, 0.4) is 0 Å². The number of nitrogens with zero attached hydrogens (tertiary/aromatic N) is 6. The molecule has 2 aromatic heterocycles. The quantitative estimate of drug-likeness (QED) is 0.193. The highest BCUT2D eigenvalue weighted by Crippen LogP contribution is 2.38. The number of carbonyl (C=O) groups is 1. The summed E-state index contributed by atoms with van der Waals surface area (Å²) in [6, 6.07) is 3.06. The van der Waals surface area contributed by atoms with E-state index in [1.54, 1.807) is 28.6 Å². The molecule has 1 fully saturated rings. The number of rotatable bonds is 6. The van der Waals surface area contributed by atoms with Gasteiger partial charge in [-0.05, 0) is 24.6 Å². The van der Waals surface area contributed by atoms with Gasteiger partial charge in [0.25, 0.3) is 0 Å². The first-order valence-electron chi connectivity index (χ1n) is 11.7. The number of amides is 1. The summed E-state index contributed by atoms with van der Waals surface area (Å²) >= 11 is 0. The van der Waals surface area contributed by atoms with Gasteiger partial charge in [0, 0.05) is 44.9 Å². The van der Waals surface area contributed by atoms with Crippen molar-refractivity contribution in [3.63, 3.8) is 0 Å². The average molecular weight is 544 g/mol. The molecule has 8 nitrogen and oxygen atoms in total. The molecule has 13 heteroatoms. The molecule has 0 bridgehead atoms. The molecule has 0 spiro atoms. The van der Waals surface area contributed by atoms with Crippen molar-refractivity contribution in [1.82, 2.24) is 24.6 Å². The van der Waals surface area contributed by atoms with Crippen molar-refractivity contribution in [2.75, 3.05) is 32.1 Å². The SMILES string of the molecule is C=CC(=O)N1CC[C@H](n2nc(-c3ccc(Oc4c(F)c(F)cc(F)c4F)cc3F)c3c(N(C)C)ncnc32)C1. The topological polar surface area (TPSA) is 76.4 Å². The fourth-order valence-electron chi connectivity index (χ4n) is 4.52. The van der Waals surface area contributed by atoms with E-state index in [9.17, 15) is 22.4 Å². The summed E-state index contributed by atoms with van der Waals surface area (Å²) in [5.41, 5.74) is 0.592. The molecule has 3 heterocycles. The van der Waals surface area contributed by atoms with E-state index in [0.717, 1.165) is 6.07 Å². The molecule has 5 rings (SSSR count). The van der Waals surface area contributed by atoms with Gasteiger partial charge in [-0.1, -0.05) is 6.58 Å². The number of anilines is 1. The van der Waals surface area contributed by atoms with Crippen molar-refractivity contribution in [3.8, 4) is 22.8 Å². The highest BCUT2D eigenvalue weighted by Gasteiger charge is 2.31. The lowest BCUT2D eigenvalue weighted by molar-refractivity contribution is -0.125. The number of halogens is 5. The molecule has 39 heavy (non-hydrogen) atoms. The largest absolute Gasteiger partial charge is 0.451 e. The number of hydrogen-bond donors (Lipinski definition) is 0. The summed E-state index contributed by atoms with van der Waals surface area (Å²) in [6.45, 7) is 4.34. The second-order valence-corrected chi connectivity index (χ2v) is 9.06. The Balaban J connectivity index is 1.59. The lowest BCUT2D eigenvalue weighted by Crippen LogP contribution is -2.27. The van der Waals surface area contributed by atoms with Gasteiger partial charge in [-0.15, -0.1) is 0 Å². The normalized spacial score (nSPS) is 15.2. The van der Waals surface area contributed by atoms with Gasteiger partial charge in [0.2, 0.25) is 23.3 Å². The van der Waals surface area contributed by atoms with Gasteiger partial charge in [-0.25, -0.2) is 27.8 Å². The molecule has 1 amide bonds. The van der Waals surface area contributed by atoms with E-state index >= 15 is 4.39 Å². The Morgan fingerprint density at radius 2 is 1.79 bits per heavy atom. The van der Waals surface area contributed by atoms with Gasteiger partial charge >= 0.3 is 0 Å². The van der Waals surface area contributed by atoms with E-state index in [1.807, 2.05) is 0 Å². The summed E-state index contributed by atoms with van der Waals surface area (Å²) in [4.78, 5) is 24.1. The predicted molar refractivity (Wildman–Crippen MR) is 132 cm³/mol. The Morgan fingerprint density at radius 3 is 2.44 bits per heavy atom. The maximum absolute atomic E-state index is 15.5. The van der Waals surface area contributed by atoms with E-state index in [2.05, 4.69) is 21.6 Å². The Labute approximate surface area is 218 Å². The second-order valence-electron chi connectivity index (χ2n) is 9.06. The summed E-state index contributed by atoms with van der Waals surface area (Å²) < 4.78 is 77.3. The Kier molecular flexibility index (Phi) is 6.66. The molecule has 0 unspecified atom stereocenters. The van der Waals surface area contributed by atoms with Crippen LogP contribution in [0.15, 0.2) is 43.2 Å². The molecular formula is C26H21F5N6O2. The minimum atomic E-state index is -1.75. The molecule has 1 atom stereocenters. The number of likely N-dealkylation sites (tertiary alicyclic amines) is 1. The fraction of sp³-hybridized carbons (Fsp3) is 0.231. The predicted octanol–water partition coefficient (Wildman–Crippen LogP) is 5.01. The first-order valence-corrected chi connectivity index (χ1v) is 11.7. The molecule has 0 N–H and O–H groups in total. The smallest absolute Gasteiger partial charge is 0.246 e. The molecule has 0 aliphatic carbocycles. The van der Waals surface area contributed by atoms with E-state index in [0.29, 0.717) is 36.4 Å². The zero-order valence-corrected chi connectivity index (χ0v) is 20.8. The van der Waals surface area contributed by atoms with Crippen LogP contribution in [0.5, 0.6) is 11.5 Å². The van der Waals surface area contributed by atoms with Crippen LogP contribution in [0.1, 0.15) is 12.5 Å². The number of ether oxygens (including phenoxy) is 1. The van der Waals surface area contributed by atoms with Crippen LogP contribution in [-0.4, -0.2) is 57.7 Å². The third-order valence-corrected chi connectivity index (χ3v) is 6.38. The lowest BCUT2D eigenvalue weighted by atomic mass is 10.1. The fourth-order valence-corrected chi connectivity index (χ4v) is 4.52. The highest BCUT2D eigenvalue weighted by molar-refractivity contribution is 5.99. The molecule has 2 aromatic carbocycles. The molecule has 4 aromatic rings. The maximum Gasteiger partial charge on any atom is 0.246 e. The summed E-state index contributed by atoms with van der Waals surface area (Å²) in [5, 5.41) is 5.09. The maximum atomic E-state index is 15.5. The zero-order valence-electron chi connectivity index (χ0n) is 20.8. The van der Waals surface area contributed by atoms with Crippen molar-refractivity contribution < 1.29 is 31.5 Å². The number of hydrogen-bond acceptors (Lipinski definition) is 6. The Morgan fingerprint density at radius 1 is 1.08 bits per heavy atom. The monoisotopic (exact) mass is 544 g/mol. The van der Waals surface area contributed by atoms with Gasteiger partial charge in [0.05, 0.1) is 11.4 Å². The van der Waals surface area contributed by atoms with Crippen LogP contribution in [0.25, 0.3) is 22.3 Å². The van der Waals surface area contributed by atoms with Crippen molar-refractivity contribution >= 4 is 22.8 Å². The number of benzene rings is 2. The van der Waals surface area contributed by atoms with Gasteiger partial charge < -0.3 is 14.5 Å². The average Bonchev–Trinajstić information content (AvgIpc) is 3.55. The molecule has 1 aliphatic heterocycles. The standard InChI is InChI=1S/C26H21F5N6O2/c1-4-19(38)36-8-7-13(11-36)37-26-20(25(35(2)3)32-12-33-26)23(34-37)15-6-5-14(9-16(15)27)39-24-21(30)17(28)10-18(29)22(24)31/h4-6,9-10,12-13H,1,7-8,11H2,2-3H3/t13-/m0/s1. The van der Waals surface area contributed by atoms with Crippen LogP contribution in [-0.2, 0) is 4.79 Å². The van der Waals surface area contributed by atoms with Crippen LogP contribution in [0.2, 0.25) is 0 Å². The van der Waals surface area contributed by atoms with Crippen LogP contribution < -0.4 is 9.64 Å². The lowest BCUT2D eigenvalue weighted by Gasteiger charge is -2.15. The number of aromatic nitrogens is 4. The molecular weight excluding hydrogens is 523 g/mol. The molecule has 1 aliphatic rings. The third kappa shape index (κ3) is 4.53. The summed E-state index contributed by atoms with van der Waals surface area (Å²) in [7, 11) is 3.49. The Bertz CT molecular complexity index is 1600. The molecule has 0 radical (unpaired) electrons. The van der Waals surface area contributed by atoms with E-state index in [-0.39, 0.29) is 29.3 Å². The molecule has 1 saturated heterocycles. The first kappa shape index (κ1) is 26.1. The van der Waals surface area contributed by atoms with Gasteiger partial charge in [0.1, 0.15) is 29.4 Å². The Hall–Kier alpha value is -4.55. The third-order valence-electron chi connectivity index (χ3n) is 6.38. The van der Waals surface area contributed by atoms with Crippen molar-refractivity contribution in [1.29, 1.82) is 0 Å². The van der Waals surface area contributed by atoms with Crippen LogP contribution >= 0.6 is 0 Å². The van der Waals surface area contributed by atoms with Crippen molar-refractivity contribution in [3.05, 3.63) is 72.3 Å². The minimum Gasteiger partial charge on any atom is -0.451 e. The summed E-state index contributed by atoms with van der Waals surface area (Å²) in [6.07, 6.45) is 3.17. The first-order chi connectivity index (χ1) is 18.6. The van der Waals surface area contributed by atoms with E-state index in [1.165, 1.54) is 24.5 Å². The zero-order chi connectivity index (χ0) is 28.0.